The lowest BCUT2D eigenvalue weighted by molar-refractivity contribution is -0.384. The number of esters is 2. The maximum atomic E-state index is 12.5. The number of methoxy groups -OCH3 is 2. The number of nitro groups is 1. The molecule has 1 fully saturated rings. The summed E-state index contributed by atoms with van der Waals surface area (Å²) in [6.07, 6.45) is 0.344. The minimum absolute atomic E-state index is 0.140. The van der Waals surface area contributed by atoms with Crippen LogP contribution in [0.25, 0.3) is 0 Å². The van der Waals surface area contributed by atoms with Crippen molar-refractivity contribution in [3.63, 3.8) is 0 Å². The number of carbonyl (C=O) groups is 3. The summed E-state index contributed by atoms with van der Waals surface area (Å²) < 4.78 is 14.8. The van der Waals surface area contributed by atoms with Crippen LogP contribution in [0.2, 0.25) is 0 Å². The number of nitrogens with zero attached hydrogens (tertiary/aromatic N) is 1. The fraction of sp³-hybridized carbons (Fsp3) is 0.500. The van der Waals surface area contributed by atoms with E-state index in [0.29, 0.717) is 18.6 Å². The summed E-state index contributed by atoms with van der Waals surface area (Å²) in [5.74, 6) is -2.68. The summed E-state index contributed by atoms with van der Waals surface area (Å²) in [7, 11) is 2.37. The molecule has 0 bridgehead atoms. The number of hydrogen-bond donors (Lipinski definition) is 1. The zero-order valence-corrected chi connectivity index (χ0v) is 15.6. The topological polar surface area (TPSA) is 134 Å². The van der Waals surface area contributed by atoms with E-state index in [-0.39, 0.29) is 12.1 Å². The average molecular weight is 394 g/mol. The third-order valence-corrected chi connectivity index (χ3v) is 4.52. The molecule has 1 N–H and O–H groups in total. The fourth-order valence-electron chi connectivity index (χ4n) is 3.02. The first kappa shape index (κ1) is 21.3. The van der Waals surface area contributed by atoms with Gasteiger partial charge in [-0.1, -0.05) is 12.1 Å². The van der Waals surface area contributed by atoms with E-state index in [1.165, 1.54) is 38.5 Å². The van der Waals surface area contributed by atoms with E-state index in [2.05, 4.69) is 5.32 Å². The van der Waals surface area contributed by atoms with Gasteiger partial charge in [0.2, 0.25) is 5.91 Å². The molecular formula is C18H22N2O8. The molecule has 1 aromatic carbocycles. The van der Waals surface area contributed by atoms with Gasteiger partial charge in [-0.3, -0.25) is 19.7 Å². The van der Waals surface area contributed by atoms with Crippen LogP contribution in [0.3, 0.4) is 0 Å². The van der Waals surface area contributed by atoms with E-state index in [4.69, 9.17) is 14.2 Å². The molecule has 0 unspecified atom stereocenters. The second-order valence-electron chi connectivity index (χ2n) is 6.25. The van der Waals surface area contributed by atoms with E-state index in [9.17, 15) is 24.5 Å². The number of carbonyl (C=O) groups excluding carboxylic acids is 3. The lowest BCUT2D eigenvalue weighted by Gasteiger charge is -2.26. The Kier molecular flexibility index (Phi) is 7.44. The number of non-ortho nitro benzene ring substituents is 1. The van der Waals surface area contributed by atoms with Crippen molar-refractivity contribution >= 4 is 23.5 Å². The second kappa shape index (κ2) is 9.79. The van der Waals surface area contributed by atoms with Crippen LogP contribution in [0.4, 0.5) is 5.69 Å². The smallest absolute Gasteiger partial charge is 0.329 e. The minimum atomic E-state index is -1.19. The molecule has 1 heterocycles. The standard InChI is InChI=1S/C18H22N2O8/c1-26-15(21)10-13(11-5-7-12(8-6-11)20(24)25)16(18(23)27-2)19-17(22)14-4-3-9-28-14/h5-8,13-14,16H,3-4,9-10H2,1-2H3,(H,19,22)/t13-,14+,16-/m0/s1. The Balaban J connectivity index is 2.33. The molecule has 0 spiro atoms. The van der Waals surface area contributed by atoms with Gasteiger partial charge < -0.3 is 19.5 Å². The second-order valence-corrected chi connectivity index (χ2v) is 6.25. The summed E-state index contributed by atoms with van der Waals surface area (Å²) in [6, 6.07) is 4.19. The van der Waals surface area contributed by atoms with Gasteiger partial charge in [-0.2, -0.15) is 0 Å². The summed E-state index contributed by atoms with van der Waals surface area (Å²) >= 11 is 0. The minimum Gasteiger partial charge on any atom is -0.469 e. The Morgan fingerprint density at radius 3 is 2.43 bits per heavy atom. The SMILES string of the molecule is COC(=O)C[C@@H](c1ccc([N+](=O)[O-])cc1)[C@H](NC(=O)[C@H]1CCCO1)C(=O)OC. The van der Waals surface area contributed by atoms with Gasteiger partial charge in [0, 0.05) is 24.7 Å². The fourth-order valence-corrected chi connectivity index (χ4v) is 3.02. The molecule has 2 rings (SSSR count). The van der Waals surface area contributed by atoms with E-state index in [0.717, 1.165) is 6.42 Å². The Hall–Kier alpha value is -3.01. The molecule has 0 aliphatic carbocycles. The highest BCUT2D eigenvalue weighted by Crippen LogP contribution is 2.27. The van der Waals surface area contributed by atoms with Gasteiger partial charge in [0.05, 0.1) is 25.6 Å². The van der Waals surface area contributed by atoms with Crippen LogP contribution in [-0.4, -0.2) is 55.7 Å². The molecular weight excluding hydrogens is 372 g/mol. The third-order valence-electron chi connectivity index (χ3n) is 4.52. The molecule has 1 aliphatic rings. The van der Waals surface area contributed by atoms with Crippen LogP contribution in [0.15, 0.2) is 24.3 Å². The predicted octanol–water partition coefficient (Wildman–Crippen LogP) is 1.08. The number of ether oxygens (including phenoxy) is 3. The Bertz CT molecular complexity index is 728. The zero-order valence-electron chi connectivity index (χ0n) is 15.6. The quantitative estimate of drug-likeness (QED) is 0.393. The monoisotopic (exact) mass is 394 g/mol. The number of nitrogens with one attached hydrogen (secondary N) is 1. The van der Waals surface area contributed by atoms with Crippen molar-refractivity contribution in [3.05, 3.63) is 39.9 Å². The van der Waals surface area contributed by atoms with E-state index >= 15 is 0 Å². The Morgan fingerprint density at radius 2 is 1.93 bits per heavy atom. The van der Waals surface area contributed by atoms with E-state index < -0.39 is 40.8 Å². The van der Waals surface area contributed by atoms with Gasteiger partial charge in [0.25, 0.3) is 5.69 Å². The van der Waals surface area contributed by atoms with Gasteiger partial charge in [-0.25, -0.2) is 4.79 Å². The summed E-state index contributed by atoms with van der Waals surface area (Å²) in [6.45, 7) is 0.453. The molecule has 1 amide bonds. The van der Waals surface area contributed by atoms with Crippen LogP contribution >= 0.6 is 0 Å². The van der Waals surface area contributed by atoms with Crippen molar-refractivity contribution in [2.75, 3.05) is 20.8 Å². The average Bonchev–Trinajstić information content (AvgIpc) is 3.24. The van der Waals surface area contributed by atoms with Gasteiger partial charge in [-0.05, 0) is 18.4 Å². The normalized spacial score (nSPS) is 18.0. The Morgan fingerprint density at radius 1 is 1.25 bits per heavy atom. The molecule has 0 radical (unpaired) electrons. The number of rotatable bonds is 8. The first-order valence-corrected chi connectivity index (χ1v) is 8.68. The van der Waals surface area contributed by atoms with Crippen LogP contribution in [-0.2, 0) is 28.6 Å². The van der Waals surface area contributed by atoms with Crippen LogP contribution < -0.4 is 5.32 Å². The van der Waals surface area contributed by atoms with Crippen molar-refractivity contribution in [2.45, 2.75) is 37.3 Å². The molecule has 152 valence electrons. The summed E-state index contributed by atoms with van der Waals surface area (Å²) in [5.41, 5.74) is 0.303. The summed E-state index contributed by atoms with van der Waals surface area (Å²) in [5, 5.41) is 13.5. The molecule has 1 saturated heterocycles. The largest absolute Gasteiger partial charge is 0.469 e. The van der Waals surface area contributed by atoms with Crippen LogP contribution in [0.5, 0.6) is 0 Å². The van der Waals surface area contributed by atoms with Gasteiger partial charge >= 0.3 is 11.9 Å². The van der Waals surface area contributed by atoms with Crippen molar-refractivity contribution in [2.24, 2.45) is 0 Å². The summed E-state index contributed by atoms with van der Waals surface area (Å²) in [4.78, 5) is 47.1. The van der Waals surface area contributed by atoms with Gasteiger partial charge in [0.1, 0.15) is 12.1 Å². The third kappa shape index (κ3) is 5.26. The lowest BCUT2D eigenvalue weighted by atomic mass is 9.88. The van der Waals surface area contributed by atoms with Crippen molar-refractivity contribution in [3.8, 4) is 0 Å². The van der Waals surface area contributed by atoms with Gasteiger partial charge in [0.15, 0.2) is 0 Å². The maximum absolute atomic E-state index is 12.5. The van der Waals surface area contributed by atoms with Crippen molar-refractivity contribution in [1.29, 1.82) is 0 Å². The Labute approximate surface area is 161 Å². The molecule has 0 saturated carbocycles. The van der Waals surface area contributed by atoms with Gasteiger partial charge in [-0.15, -0.1) is 0 Å². The molecule has 1 aromatic rings. The highest BCUT2D eigenvalue weighted by molar-refractivity contribution is 5.88. The molecule has 10 nitrogen and oxygen atoms in total. The van der Waals surface area contributed by atoms with Crippen LogP contribution in [0, 0.1) is 10.1 Å². The predicted molar refractivity (Wildman–Crippen MR) is 95.4 cm³/mol. The maximum Gasteiger partial charge on any atom is 0.329 e. The molecule has 28 heavy (non-hydrogen) atoms. The zero-order chi connectivity index (χ0) is 20.7. The first-order chi connectivity index (χ1) is 13.4. The van der Waals surface area contributed by atoms with Crippen molar-refractivity contribution < 1.29 is 33.5 Å². The molecule has 3 atom stereocenters. The number of hydrogen-bond acceptors (Lipinski definition) is 8. The molecule has 1 aliphatic heterocycles. The van der Waals surface area contributed by atoms with Crippen molar-refractivity contribution in [1.82, 2.24) is 5.32 Å². The first-order valence-electron chi connectivity index (χ1n) is 8.68. The molecule has 0 aromatic heterocycles. The highest BCUT2D eigenvalue weighted by Gasteiger charge is 2.36. The van der Waals surface area contributed by atoms with E-state index in [1.54, 1.807) is 0 Å². The molecule has 10 heteroatoms. The number of benzene rings is 1. The number of amides is 1. The highest BCUT2D eigenvalue weighted by atomic mass is 16.6. The number of nitro benzene ring substituents is 1. The lowest BCUT2D eigenvalue weighted by Crippen LogP contribution is -2.49. The van der Waals surface area contributed by atoms with Crippen LogP contribution in [0.1, 0.15) is 30.7 Å². The van der Waals surface area contributed by atoms with E-state index in [1.807, 2.05) is 0 Å².